The van der Waals surface area contributed by atoms with E-state index in [0.29, 0.717) is 23.7 Å². The van der Waals surface area contributed by atoms with Crippen LogP contribution in [0.4, 0.5) is 22.0 Å². The predicted molar refractivity (Wildman–Crippen MR) is 131 cm³/mol. The van der Waals surface area contributed by atoms with Gasteiger partial charge < -0.3 is 10.6 Å². The Hall–Kier alpha value is -4.10. The first-order valence-electron chi connectivity index (χ1n) is 10.3. The van der Waals surface area contributed by atoms with Gasteiger partial charge in [0.25, 0.3) is 5.91 Å². The number of halogens is 1. The molecule has 0 fully saturated rings. The maximum absolute atomic E-state index is 12.6. The zero-order valence-electron chi connectivity index (χ0n) is 17.9. The lowest BCUT2D eigenvalue weighted by Crippen LogP contribution is -2.21. The largest absolute Gasteiger partial charge is 0.324 e. The molecule has 1 heterocycles. The van der Waals surface area contributed by atoms with E-state index in [2.05, 4.69) is 21.0 Å². The van der Waals surface area contributed by atoms with Crippen molar-refractivity contribution in [2.24, 2.45) is 0 Å². The van der Waals surface area contributed by atoms with Crippen LogP contribution in [0, 0.1) is 6.92 Å². The van der Waals surface area contributed by atoms with Crippen LogP contribution in [0.25, 0.3) is 0 Å². The molecule has 3 aromatic carbocycles. The molecular formula is C25H22ClN5O2. The smallest absolute Gasteiger partial charge is 0.322 e. The predicted octanol–water partition coefficient (Wildman–Crippen LogP) is 5.79. The van der Waals surface area contributed by atoms with Gasteiger partial charge in [0.2, 0.25) is 0 Å². The van der Waals surface area contributed by atoms with Crippen LogP contribution < -0.4 is 16.0 Å². The molecule has 7 nitrogen and oxygen atoms in total. The topological polar surface area (TPSA) is 88.1 Å². The second-order valence-electron chi connectivity index (χ2n) is 7.44. The van der Waals surface area contributed by atoms with Crippen molar-refractivity contribution >= 4 is 40.7 Å². The fourth-order valence-electron chi connectivity index (χ4n) is 3.26. The molecule has 0 saturated heterocycles. The van der Waals surface area contributed by atoms with E-state index in [1.165, 1.54) is 6.07 Å². The monoisotopic (exact) mass is 459 g/mol. The second kappa shape index (κ2) is 10.0. The number of hydrogen-bond acceptors (Lipinski definition) is 3. The second-order valence-corrected chi connectivity index (χ2v) is 7.84. The summed E-state index contributed by atoms with van der Waals surface area (Å²) in [5.41, 5.74) is 3.27. The van der Waals surface area contributed by atoms with Gasteiger partial charge in [-0.25, -0.2) is 4.79 Å². The number of nitrogens with zero attached hydrogens (tertiary/aromatic N) is 2. The van der Waals surface area contributed by atoms with Crippen molar-refractivity contribution in [2.45, 2.75) is 13.5 Å². The molecule has 0 spiro atoms. The van der Waals surface area contributed by atoms with Crippen molar-refractivity contribution in [2.75, 3.05) is 16.0 Å². The molecule has 8 heteroatoms. The Labute approximate surface area is 196 Å². The van der Waals surface area contributed by atoms with Crippen molar-refractivity contribution in [3.05, 3.63) is 107 Å². The normalized spacial score (nSPS) is 10.5. The van der Waals surface area contributed by atoms with E-state index in [1.807, 2.05) is 61.7 Å². The minimum Gasteiger partial charge on any atom is -0.322 e. The van der Waals surface area contributed by atoms with E-state index in [9.17, 15) is 9.59 Å². The van der Waals surface area contributed by atoms with E-state index < -0.39 is 6.03 Å². The number of amides is 3. The fraction of sp³-hybridized carbons (Fsp3) is 0.0800. The highest BCUT2D eigenvalue weighted by atomic mass is 35.5. The van der Waals surface area contributed by atoms with Gasteiger partial charge >= 0.3 is 6.03 Å². The zero-order valence-corrected chi connectivity index (χ0v) is 18.6. The molecule has 33 heavy (non-hydrogen) atoms. The van der Waals surface area contributed by atoms with Gasteiger partial charge in [-0.15, -0.1) is 0 Å². The molecule has 0 aliphatic carbocycles. The molecule has 1 aromatic heterocycles. The number of hydrogen-bond donors (Lipinski definition) is 3. The molecular weight excluding hydrogens is 438 g/mol. The molecule has 0 aliphatic rings. The van der Waals surface area contributed by atoms with Crippen LogP contribution in [0.3, 0.4) is 0 Å². The van der Waals surface area contributed by atoms with E-state index in [-0.39, 0.29) is 16.5 Å². The van der Waals surface area contributed by atoms with Gasteiger partial charge in [0.15, 0.2) is 5.82 Å². The summed E-state index contributed by atoms with van der Waals surface area (Å²) in [4.78, 5) is 25.2. The summed E-state index contributed by atoms with van der Waals surface area (Å²) in [7, 11) is 0. The van der Waals surface area contributed by atoms with Gasteiger partial charge in [-0.2, -0.15) is 5.10 Å². The van der Waals surface area contributed by atoms with E-state index in [1.54, 1.807) is 28.9 Å². The Bertz CT molecular complexity index is 1270. The minimum atomic E-state index is -0.472. The summed E-state index contributed by atoms with van der Waals surface area (Å²) >= 11 is 6.21. The lowest BCUT2D eigenvalue weighted by Gasteiger charge is -2.10. The Morgan fingerprint density at radius 2 is 1.58 bits per heavy atom. The first-order chi connectivity index (χ1) is 16.0. The molecule has 0 atom stereocenters. The number of aryl methyl sites for hydroxylation is 1. The van der Waals surface area contributed by atoms with Gasteiger partial charge in [0.1, 0.15) is 0 Å². The number of para-hydroxylation sites is 1. The molecule has 0 radical (unpaired) electrons. The van der Waals surface area contributed by atoms with Crippen molar-refractivity contribution in [1.29, 1.82) is 0 Å². The van der Waals surface area contributed by atoms with E-state index >= 15 is 0 Å². The van der Waals surface area contributed by atoms with Crippen LogP contribution in [0.15, 0.2) is 85.1 Å². The van der Waals surface area contributed by atoms with Gasteiger partial charge in [0.05, 0.1) is 17.1 Å². The van der Waals surface area contributed by atoms with Gasteiger partial charge in [-0.05, 0) is 42.8 Å². The maximum Gasteiger partial charge on any atom is 0.324 e. The van der Waals surface area contributed by atoms with Gasteiger partial charge in [-0.3, -0.25) is 14.8 Å². The summed E-state index contributed by atoms with van der Waals surface area (Å²) in [6, 6.07) is 23.2. The first-order valence-corrected chi connectivity index (χ1v) is 10.7. The van der Waals surface area contributed by atoms with Crippen molar-refractivity contribution in [3.8, 4) is 0 Å². The quantitative estimate of drug-likeness (QED) is 0.341. The molecule has 0 bridgehead atoms. The third-order valence-corrected chi connectivity index (χ3v) is 5.19. The highest BCUT2D eigenvalue weighted by Gasteiger charge is 2.14. The summed E-state index contributed by atoms with van der Waals surface area (Å²) in [5.74, 6) is 0.0881. The fourth-order valence-corrected chi connectivity index (χ4v) is 3.47. The molecule has 4 aromatic rings. The van der Waals surface area contributed by atoms with Crippen LogP contribution in [0.5, 0.6) is 0 Å². The molecule has 3 amide bonds. The number of carbonyl (C=O) groups is 2. The van der Waals surface area contributed by atoms with Crippen molar-refractivity contribution in [3.63, 3.8) is 0 Å². The van der Waals surface area contributed by atoms with Crippen LogP contribution in [0.1, 0.15) is 21.5 Å². The van der Waals surface area contributed by atoms with Gasteiger partial charge in [-0.1, -0.05) is 60.1 Å². The summed E-state index contributed by atoms with van der Waals surface area (Å²) < 4.78 is 1.77. The lowest BCUT2D eigenvalue weighted by molar-refractivity contribution is 0.102. The van der Waals surface area contributed by atoms with E-state index in [0.717, 1.165) is 11.1 Å². The van der Waals surface area contributed by atoms with Gasteiger partial charge in [0, 0.05) is 23.1 Å². The van der Waals surface area contributed by atoms with Crippen LogP contribution in [-0.2, 0) is 6.54 Å². The Balaban J connectivity index is 1.41. The van der Waals surface area contributed by atoms with E-state index in [4.69, 9.17) is 11.6 Å². The molecule has 0 unspecified atom stereocenters. The third kappa shape index (κ3) is 5.78. The molecule has 0 saturated carbocycles. The zero-order chi connectivity index (χ0) is 23.2. The standard InChI is InChI=1S/C25H22ClN5O2/c1-17-15-31(16-18-8-4-2-5-9-18)30-23(17)29-25(33)28-20-12-13-22(26)21(14-20)24(32)27-19-10-6-3-7-11-19/h2-15H,16H2,1H3,(H,27,32)(H2,28,29,30,33). The Morgan fingerprint density at radius 3 is 2.30 bits per heavy atom. The number of carbonyl (C=O) groups excluding carboxylic acids is 2. The Kier molecular flexibility index (Phi) is 6.71. The summed E-state index contributed by atoms with van der Waals surface area (Å²) in [5, 5.41) is 13.0. The molecule has 4 rings (SSSR count). The molecule has 3 N–H and O–H groups in total. The Morgan fingerprint density at radius 1 is 0.879 bits per heavy atom. The summed E-state index contributed by atoms with van der Waals surface area (Å²) in [6.07, 6.45) is 1.87. The number of benzene rings is 3. The molecule has 0 aliphatic heterocycles. The number of urea groups is 1. The van der Waals surface area contributed by atoms with Crippen LogP contribution in [-0.4, -0.2) is 21.7 Å². The van der Waals surface area contributed by atoms with Crippen LogP contribution >= 0.6 is 11.6 Å². The average Bonchev–Trinajstić information content (AvgIpc) is 3.14. The van der Waals surface area contributed by atoms with Crippen molar-refractivity contribution < 1.29 is 9.59 Å². The maximum atomic E-state index is 12.6. The number of rotatable bonds is 6. The average molecular weight is 460 g/mol. The first kappa shape index (κ1) is 22.1. The SMILES string of the molecule is Cc1cn(Cc2ccccc2)nc1NC(=O)Nc1ccc(Cl)c(C(=O)Nc2ccccc2)c1. The molecule has 166 valence electrons. The highest BCUT2D eigenvalue weighted by molar-refractivity contribution is 6.34. The number of aromatic nitrogens is 2. The highest BCUT2D eigenvalue weighted by Crippen LogP contribution is 2.22. The number of anilines is 3. The number of nitrogens with one attached hydrogen (secondary N) is 3. The minimum absolute atomic E-state index is 0.252. The van der Waals surface area contributed by atoms with Crippen LogP contribution in [0.2, 0.25) is 5.02 Å². The summed E-state index contributed by atoms with van der Waals surface area (Å²) in [6.45, 7) is 2.47. The van der Waals surface area contributed by atoms with Crippen molar-refractivity contribution in [1.82, 2.24) is 9.78 Å². The third-order valence-electron chi connectivity index (χ3n) is 4.86. The lowest BCUT2D eigenvalue weighted by atomic mass is 10.1.